The monoisotopic (exact) mass is 313 g/mol. The molecule has 1 N–H and O–H groups in total. The van der Waals surface area contributed by atoms with Crippen molar-refractivity contribution in [1.82, 2.24) is 4.90 Å². The molecule has 1 aromatic carbocycles. The number of benzene rings is 1. The third-order valence-corrected chi connectivity index (χ3v) is 4.31. The standard InChI is InChI=1S/C18H19NO4/c1-3-15-11(2)8-16(23-15)17(20)19-7-6-12-4-5-13(18(21)22)9-14(12)10-19/h4-5,8-9H,3,6-7,10H2,1-2H3,(H,21,22). The highest BCUT2D eigenvalue weighted by molar-refractivity contribution is 5.92. The van der Waals surface area contributed by atoms with Gasteiger partial charge in [0, 0.05) is 19.5 Å². The number of amides is 1. The number of nitrogens with zero attached hydrogens (tertiary/aromatic N) is 1. The van der Waals surface area contributed by atoms with E-state index in [0.29, 0.717) is 18.8 Å². The van der Waals surface area contributed by atoms with Crippen molar-refractivity contribution in [3.8, 4) is 0 Å². The molecule has 0 unspecified atom stereocenters. The molecule has 1 amide bonds. The zero-order valence-corrected chi connectivity index (χ0v) is 13.3. The molecule has 1 aliphatic rings. The van der Waals surface area contributed by atoms with E-state index in [1.807, 2.05) is 19.9 Å². The number of carbonyl (C=O) groups is 2. The van der Waals surface area contributed by atoms with Crippen LogP contribution >= 0.6 is 0 Å². The van der Waals surface area contributed by atoms with E-state index >= 15 is 0 Å². The topological polar surface area (TPSA) is 70.8 Å². The van der Waals surface area contributed by atoms with Crippen LogP contribution in [0, 0.1) is 6.92 Å². The van der Waals surface area contributed by atoms with E-state index < -0.39 is 5.97 Å². The Bertz CT molecular complexity index is 775. The van der Waals surface area contributed by atoms with Gasteiger partial charge in [-0.3, -0.25) is 4.79 Å². The average molecular weight is 313 g/mol. The van der Waals surface area contributed by atoms with Crippen LogP contribution in [0.1, 0.15) is 50.3 Å². The fraction of sp³-hybridized carbons (Fsp3) is 0.333. The Morgan fingerprint density at radius 2 is 2.04 bits per heavy atom. The molecule has 1 aliphatic heterocycles. The van der Waals surface area contributed by atoms with E-state index in [1.54, 1.807) is 23.1 Å². The van der Waals surface area contributed by atoms with Gasteiger partial charge < -0.3 is 14.4 Å². The predicted molar refractivity (Wildman–Crippen MR) is 84.7 cm³/mol. The summed E-state index contributed by atoms with van der Waals surface area (Å²) in [7, 11) is 0. The second kappa shape index (κ2) is 5.91. The number of aromatic carboxylic acids is 1. The van der Waals surface area contributed by atoms with Crippen LogP contribution in [-0.4, -0.2) is 28.4 Å². The number of carboxylic acid groups (broad SMARTS) is 1. The van der Waals surface area contributed by atoms with E-state index in [4.69, 9.17) is 9.52 Å². The van der Waals surface area contributed by atoms with Crippen molar-refractivity contribution in [1.29, 1.82) is 0 Å². The van der Waals surface area contributed by atoms with Gasteiger partial charge in [-0.1, -0.05) is 13.0 Å². The number of furan rings is 1. The summed E-state index contributed by atoms with van der Waals surface area (Å²) >= 11 is 0. The molecule has 2 aromatic rings. The van der Waals surface area contributed by atoms with E-state index in [-0.39, 0.29) is 11.5 Å². The van der Waals surface area contributed by atoms with Gasteiger partial charge in [0.1, 0.15) is 5.76 Å². The molecule has 2 heterocycles. The molecule has 0 saturated heterocycles. The first-order chi connectivity index (χ1) is 11.0. The Hall–Kier alpha value is -2.56. The van der Waals surface area contributed by atoms with E-state index in [0.717, 1.165) is 35.3 Å². The lowest BCUT2D eigenvalue weighted by atomic mass is 9.97. The van der Waals surface area contributed by atoms with Crippen LogP contribution in [0.25, 0.3) is 0 Å². The summed E-state index contributed by atoms with van der Waals surface area (Å²) in [5, 5.41) is 9.10. The van der Waals surface area contributed by atoms with Crippen LogP contribution in [0.4, 0.5) is 0 Å². The zero-order chi connectivity index (χ0) is 16.6. The highest BCUT2D eigenvalue weighted by atomic mass is 16.4. The van der Waals surface area contributed by atoms with Crippen molar-refractivity contribution >= 4 is 11.9 Å². The van der Waals surface area contributed by atoms with Gasteiger partial charge in [-0.15, -0.1) is 0 Å². The van der Waals surface area contributed by atoms with Gasteiger partial charge in [-0.05, 0) is 48.2 Å². The minimum atomic E-state index is -0.953. The quantitative estimate of drug-likeness (QED) is 0.945. The molecule has 0 bridgehead atoms. The molecule has 5 nitrogen and oxygen atoms in total. The summed E-state index contributed by atoms with van der Waals surface area (Å²) in [4.78, 5) is 25.4. The van der Waals surface area contributed by atoms with Gasteiger partial charge in [-0.2, -0.15) is 0 Å². The minimum absolute atomic E-state index is 0.140. The van der Waals surface area contributed by atoms with E-state index in [9.17, 15) is 9.59 Å². The lowest BCUT2D eigenvalue weighted by Crippen LogP contribution is -2.35. The Labute approximate surface area is 134 Å². The smallest absolute Gasteiger partial charge is 0.335 e. The Morgan fingerprint density at radius 1 is 1.26 bits per heavy atom. The van der Waals surface area contributed by atoms with Crippen molar-refractivity contribution < 1.29 is 19.1 Å². The molecule has 0 spiro atoms. The molecule has 0 radical (unpaired) electrons. The predicted octanol–water partition coefficient (Wildman–Crippen LogP) is 3.05. The van der Waals surface area contributed by atoms with Crippen molar-refractivity contribution in [2.75, 3.05) is 6.54 Å². The number of fused-ring (bicyclic) bond motifs is 1. The third-order valence-electron chi connectivity index (χ3n) is 4.31. The van der Waals surface area contributed by atoms with Crippen molar-refractivity contribution in [2.45, 2.75) is 33.2 Å². The fourth-order valence-electron chi connectivity index (χ4n) is 3.00. The maximum atomic E-state index is 12.6. The van der Waals surface area contributed by atoms with Crippen LogP contribution in [0.15, 0.2) is 28.7 Å². The number of aryl methyl sites for hydroxylation is 2. The summed E-state index contributed by atoms with van der Waals surface area (Å²) in [5.41, 5.74) is 3.23. The Kier molecular flexibility index (Phi) is 3.94. The van der Waals surface area contributed by atoms with Gasteiger partial charge in [0.25, 0.3) is 5.91 Å². The number of carbonyl (C=O) groups excluding carboxylic acids is 1. The maximum absolute atomic E-state index is 12.6. The molecule has 0 atom stereocenters. The first-order valence-electron chi connectivity index (χ1n) is 7.73. The molecule has 3 rings (SSSR count). The first-order valence-corrected chi connectivity index (χ1v) is 7.73. The summed E-state index contributed by atoms with van der Waals surface area (Å²) in [6.07, 6.45) is 1.48. The van der Waals surface area contributed by atoms with Gasteiger partial charge in [-0.25, -0.2) is 4.79 Å². The molecule has 0 fully saturated rings. The number of hydrogen-bond donors (Lipinski definition) is 1. The Morgan fingerprint density at radius 3 is 2.70 bits per heavy atom. The zero-order valence-electron chi connectivity index (χ0n) is 13.3. The number of rotatable bonds is 3. The largest absolute Gasteiger partial charge is 0.478 e. The van der Waals surface area contributed by atoms with Crippen LogP contribution in [0.5, 0.6) is 0 Å². The average Bonchev–Trinajstić information content (AvgIpc) is 2.94. The molecule has 5 heteroatoms. The molecular formula is C18H19NO4. The van der Waals surface area contributed by atoms with Gasteiger partial charge in [0.2, 0.25) is 0 Å². The molecule has 1 aromatic heterocycles. The molecule has 0 saturated carbocycles. The van der Waals surface area contributed by atoms with Crippen LogP contribution in [-0.2, 0) is 19.4 Å². The van der Waals surface area contributed by atoms with Gasteiger partial charge in [0.05, 0.1) is 5.56 Å². The Balaban J connectivity index is 1.84. The third kappa shape index (κ3) is 2.86. The van der Waals surface area contributed by atoms with Crippen molar-refractivity contribution in [3.63, 3.8) is 0 Å². The first kappa shape index (κ1) is 15.3. The van der Waals surface area contributed by atoms with Crippen molar-refractivity contribution in [2.24, 2.45) is 0 Å². The fourth-order valence-corrected chi connectivity index (χ4v) is 3.00. The summed E-state index contributed by atoms with van der Waals surface area (Å²) in [6, 6.07) is 6.89. The maximum Gasteiger partial charge on any atom is 0.335 e. The highest BCUT2D eigenvalue weighted by Gasteiger charge is 2.25. The summed E-state index contributed by atoms with van der Waals surface area (Å²) in [6.45, 7) is 4.95. The second-order valence-corrected chi connectivity index (χ2v) is 5.84. The summed E-state index contributed by atoms with van der Waals surface area (Å²) < 4.78 is 5.64. The highest BCUT2D eigenvalue weighted by Crippen LogP contribution is 2.23. The van der Waals surface area contributed by atoms with Crippen LogP contribution < -0.4 is 0 Å². The number of carboxylic acids is 1. The summed E-state index contributed by atoms with van der Waals surface area (Å²) in [5.74, 6) is 0.0980. The lowest BCUT2D eigenvalue weighted by molar-refractivity contribution is 0.0696. The number of hydrogen-bond acceptors (Lipinski definition) is 3. The minimum Gasteiger partial charge on any atom is -0.478 e. The van der Waals surface area contributed by atoms with E-state index in [1.165, 1.54) is 0 Å². The van der Waals surface area contributed by atoms with Gasteiger partial charge in [0.15, 0.2) is 5.76 Å². The molecule has 23 heavy (non-hydrogen) atoms. The van der Waals surface area contributed by atoms with Gasteiger partial charge >= 0.3 is 5.97 Å². The molecule has 0 aliphatic carbocycles. The lowest BCUT2D eigenvalue weighted by Gasteiger charge is -2.28. The van der Waals surface area contributed by atoms with Crippen molar-refractivity contribution in [3.05, 3.63) is 58.0 Å². The SMILES string of the molecule is CCc1oc(C(=O)N2CCc3ccc(C(=O)O)cc3C2)cc1C. The molecular weight excluding hydrogens is 294 g/mol. The van der Waals surface area contributed by atoms with Crippen LogP contribution in [0.2, 0.25) is 0 Å². The van der Waals surface area contributed by atoms with E-state index in [2.05, 4.69) is 0 Å². The van der Waals surface area contributed by atoms with Crippen LogP contribution in [0.3, 0.4) is 0 Å². The normalized spacial score (nSPS) is 13.7. The molecule has 120 valence electrons. The second-order valence-electron chi connectivity index (χ2n) is 5.84.